The lowest BCUT2D eigenvalue weighted by Gasteiger charge is -2.10. The number of thioether (sulfide) groups is 1. The lowest BCUT2D eigenvalue weighted by molar-refractivity contribution is -0.117. The predicted octanol–water partition coefficient (Wildman–Crippen LogP) is 4.31. The van der Waals surface area contributed by atoms with Gasteiger partial charge in [-0.3, -0.25) is 10.1 Å². The van der Waals surface area contributed by atoms with Gasteiger partial charge in [0.2, 0.25) is 11.0 Å². The van der Waals surface area contributed by atoms with Crippen molar-refractivity contribution in [2.75, 3.05) is 22.9 Å². The highest BCUT2D eigenvalue weighted by Crippen LogP contribution is 2.25. The molecule has 2 heterocycles. The Bertz CT molecular complexity index is 972. The highest BCUT2D eigenvalue weighted by atomic mass is 32.2. The first-order chi connectivity index (χ1) is 14.0. The maximum Gasteiger partial charge on any atom is 0.325 e. The highest BCUT2D eigenvalue weighted by molar-refractivity contribution is 8.01. The van der Waals surface area contributed by atoms with Crippen molar-refractivity contribution in [1.29, 1.82) is 0 Å². The second-order valence-electron chi connectivity index (χ2n) is 6.17. The summed E-state index contributed by atoms with van der Waals surface area (Å²) < 4.78 is 0.675. The van der Waals surface area contributed by atoms with Gasteiger partial charge in [0.15, 0.2) is 4.34 Å². The maximum absolute atomic E-state index is 12.0. The number of hydrogen-bond acceptors (Lipinski definition) is 8. The first-order valence-corrected chi connectivity index (χ1v) is 11.6. The van der Waals surface area contributed by atoms with Crippen molar-refractivity contribution in [3.05, 3.63) is 51.7 Å². The number of imide groups is 1. The molecule has 0 fully saturated rings. The second-order valence-corrected chi connectivity index (χ2v) is 9.40. The summed E-state index contributed by atoms with van der Waals surface area (Å²) in [6.45, 7) is 4.66. The lowest BCUT2D eigenvalue weighted by atomic mass is 10.1. The lowest BCUT2D eigenvalue weighted by Crippen LogP contribution is -2.35. The van der Waals surface area contributed by atoms with Gasteiger partial charge in [-0.25, -0.2) is 4.79 Å². The van der Waals surface area contributed by atoms with Crippen LogP contribution in [0.25, 0.3) is 0 Å². The Hall–Kier alpha value is -2.43. The van der Waals surface area contributed by atoms with Crippen LogP contribution in [-0.4, -0.2) is 34.4 Å². The number of carbonyl (C=O) groups excluding carboxylic acids is 2. The molecule has 10 heteroatoms. The SMILES string of the molecule is Cc1cccc(NC(=O)NC(=O)CSc2nnc(NCCc3cccs3)s2)c1C. The number of anilines is 2. The minimum atomic E-state index is -0.544. The second kappa shape index (κ2) is 10.4. The van der Waals surface area contributed by atoms with Crippen molar-refractivity contribution < 1.29 is 9.59 Å². The van der Waals surface area contributed by atoms with E-state index < -0.39 is 6.03 Å². The molecule has 3 N–H and O–H groups in total. The quantitative estimate of drug-likeness (QED) is 0.445. The van der Waals surface area contributed by atoms with Gasteiger partial charge < -0.3 is 10.6 Å². The number of aromatic nitrogens is 2. The molecule has 0 atom stereocenters. The van der Waals surface area contributed by atoms with Gasteiger partial charge in [0, 0.05) is 17.1 Å². The van der Waals surface area contributed by atoms with E-state index >= 15 is 0 Å². The standard InChI is InChI=1S/C19H21N5O2S3/c1-12-5-3-7-15(13(12)2)21-17(26)22-16(25)11-28-19-24-23-18(29-19)20-9-8-14-6-4-10-27-14/h3-7,10H,8-9,11H2,1-2H3,(H,20,23)(H2,21,22,25,26). The Morgan fingerprint density at radius 2 is 2.00 bits per heavy atom. The maximum atomic E-state index is 12.0. The van der Waals surface area contributed by atoms with Crippen LogP contribution in [0.2, 0.25) is 0 Å². The summed E-state index contributed by atoms with van der Waals surface area (Å²) >= 11 is 4.37. The number of benzene rings is 1. The normalized spacial score (nSPS) is 10.6. The van der Waals surface area contributed by atoms with Crippen LogP contribution in [-0.2, 0) is 11.2 Å². The molecule has 0 unspecified atom stereocenters. The molecule has 0 bridgehead atoms. The van der Waals surface area contributed by atoms with Crippen LogP contribution >= 0.6 is 34.4 Å². The zero-order chi connectivity index (χ0) is 20.6. The fourth-order valence-corrected chi connectivity index (χ4v) is 4.70. The van der Waals surface area contributed by atoms with E-state index in [0.717, 1.165) is 29.2 Å². The predicted molar refractivity (Wildman–Crippen MR) is 120 cm³/mol. The molecule has 0 radical (unpaired) electrons. The average molecular weight is 448 g/mol. The zero-order valence-corrected chi connectivity index (χ0v) is 18.5. The largest absolute Gasteiger partial charge is 0.360 e. The summed E-state index contributed by atoms with van der Waals surface area (Å²) in [4.78, 5) is 25.4. The average Bonchev–Trinajstić information content (AvgIpc) is 3.36. The molecule has 0 aliphatic heterocycles. The number of carbonyl (C=O) groups is 2. The fraction of sp³-hybridized carbons (Fsp3) is 0.263. The van der Waals surface area contributed by atoms with Crippen LogP contribution in [0, 0.1) is 13.8 Å². The van der Waals surface area contributed by atoms with E-state index in [-0.39, 0.29) is 11.7 Å². The summed E-state index contributed by atoms with van der Waals surface area (Å²) in [7, 11) is 0. The minimum absolute atomic E-state index is 0.0873. The number of hydrogen-bond donors (Lipinski definition) is 3. The fourth-order valence-electron chi connectivity index (χ4n) is 2.42. The minimum Gasteiger partial charge on any atom is -0.360 e. The van der Waals surface area contributed by atoms with Gasteiger partial charge in [-0.05, 0) is 48.9 Å². The molecular weight excluding hydrogens is 426 g/mol. The van der Waals surface area contributed by atoms with Gasteiger partial charge in [0.25, 0.3) is 0 Å². The number of amides is 3. The Labute approximate surface area is 181 Å². The summed E-state index contributed by atoms with van der Waals surface area (Å²) in [5.41, 5.74) is 2.73. The number of rotatable bonds is 8. The molecule has 3 amide bonds. The molecule has 0 aliphatic rings. The van der Waals surface area contributed by atoms with Crippen molar-refractivity contribution in [3.63, 3.8) is 0 Å². The van der Waals surface area contributed by atoms with Gasteiger partial charge in [0.1, 0.15) is 0 Å². The van der Waals surface area contributed by atoms with E-state index in [0.29, 0.717) is 10.0 Å². The van der Waals surface area contributed by atoms with Crippen LogP contribution in [0.5, 0.6) is 0 Å². The van der Waals surface area contributed by atoms with Gasteiger partial charge in [-0.15, -0.1) is 21.5 Å². The molecule has 152 valence electrons. The molecule has 7 nitrogen and oxygen atoms in total. The molecule has 0 saturated carbocycles. The van der Waals surface area contributed by atoms with Crippen molar-refractivity contribution in [2.45, 2.75) is 24.6 Å². The van der Waals surface area contributed by atoms with E-state index in [1.165, 1.54) is 28.0 Å². The van der Waals surface area contributed by atoms with Crippen LogP contribution in [0.4, 0.5) is 15.6 Å². The third-order valence-corrected chi connectivity index (χ3v) is 7.02. The van der Waals surface area contributed by atoms with Gasteiger partial charge in [0.05, 0.1) is 5.75 Å². The van der Waals surface area contributed by atoms with E-state index in [9.17, 15) is 9.59 Å². The van der Waals surface area contributed by atoms with Gasteiger partial charge in [-0.2, -0.15) is 0 Å². The summed E-state index contributed by atoms with van der Waals surface area (Å²) in [6.07, 6.45) is 0.928. The first kappa shape index (κ1) is 21.3. The van der Waals surface area contributed by atoms with Crippen molar-refractivity contribution in [2.24, 2.45) is 0 Å². The van der Waals surface area contributed by atoms with Gasteiger partial charge >= 0.3 is 6.03 Å². The van der Waals surface area contributed by atoms with Crippen LogP contribution in [0.3, 0.4) is 0 Å². The monoisotopic (exact) mass is 447 g/mol. The van der Waals surface area contributed by atoms with Crippen molar-refractivity contribution >= 4 is 57.2 Å². The molecular formula is C19H21N5O2S3. The van der Waals surface area contributed by atoms with E-state index in [1.54, 1.807) is 17.4 Å². The van der Waals surface area contributed by atoms with E-state index in [4.69, 9.17) is 0 Å². The third kappa shape index (κ3) is 6.55. The Kier molecular flexibility index (Phi) is 7.62. The number of aryl methyl sites for hydroxylation is 1. The number of nitrogens with zero attached hydrogens (tertiary/aromatic N) is 2. The number of nitrogens with one attached hydrogen (secondary N) is 3. The first-order valence-electron chi connectivity index (χ1n) is 8.91. The molecule has 1 aromatic carbocycles. The molecule has 3 rings (SSSR count). The molecule has 3 aromatic rings. The smallest absolute Gasteiger partial charge is 0.325 e. The summed E-state index contributed by atoms with van der Waals surface area (Å²) in [5.74, 6) is -0.301. The Balaban J connectivity index is 1.39. The van der Waals surface area contributed by atoms with Crippen LogP contribution in [0.15, 0.2) is 40.1 Å². The molecule has 0 aliphatic carbocycles. The van der Waals surface area contributed by atoms with E-state index in [2.05, 4.69) is 37.6 Å². The number of urea groups is 1. The number of thiophene rings is 1. The third-order valence-electron chi connectivity index (χ3n) is 4.07. The van der Waals surface area contributed by atoms with E-state index in [1.807, 2.05) is 32.0 Å². The van der Waals surface area contributed by atoms with Crippen molar-refractivity contribution in [3.8, 4) is 0 Å². The Morgan fingerprint density at radius 1 is 1.14 bits per heavy atom. The Morgan fingerprint density at radius 3 is 2.79 bits per heavy atom. The molecule has 0 saturated heterocycles. The highest BCUT2D eigenvalue weighted by Gasteiger charge is 2.12. The molecule has 2 aromatic heterocycles. The van der Waals surface area contributed by atoms with Gasteiger partial charge in [-0.1, -0.05) is 41.3 Å². The summed E-state index contributed by atoms with van der Waals surface area (Å²) in [5, 5.41) is 19.2. The van der Waals surface area contributed by atoms with Crippen LogP contribution in [0.1, 0.15) is 16.0 Å². The zero-order valence-electron chi connectivity index (χ0n) is 16.0. The topological polar surface area (TPSA) is 96.0 Å². The molecule has 29 heavy (non-hydrogen) atoms. The van der Waals surface area contributed by atoms with Crippen LogP contribution < -0.4 is 16.0 Å². The molecule has 0 spiro atoms. The van der Waals surface area contributed by atoms with Crippen molar-refractivity contribution in [1.82, 2.24) is 15.5 Å². The summed E-state index contributed by atoms with van der Waals surface area (Å²) in [6, 6.07) is 9.22.